The Morgan fingerprint density at radius 2 is 0.636 bits per heavy atom. The smallest absolute Gasteiger partial charge is 0.355 e. The number of alkyl halides is 3. The topological polar surface area (TPSA) is 80.8 Å². The Balaban J connectivity index is 0.000000799. The van der Waals surface area contributed by atoms with Crippen molar-refractivity contribution in [3.8, 4) is 457 Å². The second kappa shape index (κ2) is 56.3. The van der Waals surface area contributed by atoms with Gasteiger partial charge in [-0.25, -0.2) is 4.85 Å². The predicted molar refractivity (Wildman–Crippen MR) is 419 cm³/mol. The number of carbonyl (C=O) groups is 2. The van der Waals surface area contributed by atoms with Gasteiger partial charge < -0.3 is 10.2 Å². The number of thiocarbonyl (C=S) groups is 1. The van der Waals surface area contributed by atoms with Crippen LogP contribution >= 0.6 is 12.2 Å². The predicted octanol–water partition coefficient (Wildman–Crippen LogP) is 4.95. The van der Waals surface area contributed by atoms with Crippen LogP contribution in [0.4, 0.5) is 30.2 Å². The highest BCUT2D eigenvalue weighted by atomic mass is 32.1. The molecule has 1 N–H and O–H groups in total. The van der Waals surface area contributed by atoms with E-state index in [1.54, 1.807) is 35.2 Å². The largest absolute Gasteiger partial charge is 0.407 e. The van der Waals surface area contributed by atoms with Crippen molar-refractivity contribution < 1.29 is 22.8 Å². The third-order valence-corrected chi connectivity index (χ3v) is 10.9. The second-order valence-corrected chi connectivity index (χ2v) is 17.5. The van der Waals surface area contributed by atoms with Gasteiger partial charge in [-0.05, 0) is 115 Å². The van der Waals surface area contributed by atoms with Gasteiger partial charge in [0, 0.05) is 421 Å². The zero-order chi connectivity index (χ0) is 79.0. The summed E-state index contributed by atoms with van der Waals surface area (Å²) in [5.41, 5.74) is -1.66. The summed E-state index contributed by atoms with van der Waals surface area (Å²) in [6, 6.07) is 11.3. The van der Waals surface area contributed by atoms with Crippen molar-refractivity contribution in [2.24, 2.45) is 0 Å². The molecule has 1 saturated heterocycles. The first kappa shape index (κ1) is 83.5. The number of rotatable bonds is 3. The zero-order valence-electron chi connectivity index (χ0n) is 55.9. The summed E-state index contributed by atoms with van der Waals surface area (Å²) in [5, 5.41) is 10.8. The minimum Gasteiger partial charge on any atom is -0.355 e. The van der Waals surface area contributed by atoms with Gasteiger partial charge in [-0.2, -0.15) is 18.4 Å². The first-order chi connectivity index (χ1) is 54.0. The van der Waals surface area contributed by atoms with Crippen LogP contribution in [0.25, 0.3) is 4.85 Å². The van der Waals surface area contributed by atoms with Crippen LogP contribution in [0.3, 0.4) is 0 Å². The fraction of sp³-hybridized carbons (Fsp3) is 0.0606. The van der Waals surface area contributed by atoms with Crippen LogP contribution in [0, 0.1) is 468 Å². The van der Waals surface area contributed by atoms with Crippen LogP contribution in [-0.2, 0) is 11.0 Å². The normalized spacial score (nSPS) is 7.83. The molecule has 0 bridgehead atoms. The van der Waals surface area contributed by atoms with Gasteiger partial charge >= 0.3 is 6.18 Å². The quantitative estimate of drug-likeness (QED) is 0.268. The molecule has 478 valence electrons. The summed E-state index contributed by atoms with van der Waals surface area (Å²) in [6.07, 6.45) is 1.99. The lowest BCUT2D eigenvalue weighted by Crippen LogP contribution is -2.55. The summed E-state index contributed by atoms with van der Waals surface area (Å²) in [7, 11) is 1.51. The van der Waals surface area contributed by atoms with Crippen molar-refractivity contribution in [3.63, 3.8) is 0 Å². The molecule has 0 unspecified atom stereocenters. The van der Waals surface area contributed by atoms with E-state index in [0.717, 1.165) is 23.5 Å². The van der Waals surface area contributed by atoms with Crippen LogP contribution in [0.15, 0.2) is 42.5 Å². The molecule has 1 aliphatic heterocycles. The number of nitrogens with zero attached hydrogens (tertiary/aromatic N) is 4. The third-order valence-electron chi connectivity index (χ3n) is 10.6. The van der Waals surface area contributed by atoms with Gasteiger partial charge in [-0.3, -0.25) is 14.5 Å². The van der Waals surface area contributed by atoms with Crippen molar-refractivity contribution in [2.45, 2.75) is 31.0 Å². The highest BCUT2D eigenvalue weighted by Crippen LogP contribution is 2.49. The Kier molecular flexibility index (Phi) is 42.8. The monoisotopic (exact) mass is 1400 g/mol. The Morgan fingerprint density at radius 1 is 0.409 bits per heavy atom. The van der Waals surface area contributed by atoms with E-state index >= 15 is 0 Å². The summed E-state index contributed by atoms with van der Waals surface area (Å²) in [6.45, 7) is 7.01. The van der Waals surface area contributed by atoms with Gasteiger partial charge in [0.1, 0.15) is 5.54 Å². The molecule has 110 heavy (non-hydrogen) atoms. The minimum atomic E-state index is -4.75. The summed E-state index contributed by atoms with van der Waals surface area (Å²) >= 11 is 5.57. The van der Waals surface area contributed by atoms with Gasteiger partial charge in [0.2, 0.25) is 0 Å². The molecule has 2 amide bonds. The van der Waals surface area contributed by atoms with Crippen LogP contribution in [0.2, 0.25) is 0 Å². The Labute approximate surface area is 644 Å². The molecule has 0 aromatic heterocycles. The molecule has 2 fully saturated rings. The number of benzene rings is 2. The van der Waals surface area contributed by atoms with Crippen molar-refractivity contribution in [1.29, 1.82) is 5.26 Å². The van der Waals surface area contributed by atoms with E-state index in [0.29, 0.717) is 24.1 Å². The van der Waals surface area contributed by atoms with E-state index in [-0.39, 0.29) is 16.7 Å². The molecule has 2 aromatic rings. The van der Waals surface area contributed by atoms with E-state index in [2.05, 4.69) is 454 Å². The van der Waals surface area contributed by atoms with Crippen LogP contribution < -0.4 is 15.1 Å². The highest BCUT2D eigenvalue weighted by Gasteiger charge is 2.59. The number of hydrogen-bond donors (Lipinski definition) is 1. The molecule has 1 saturated carbocycles. The number of terminal acetylenes is 1. The first-order valence-electron chi connectivity index (χ1n) is 29.0. The van der Waals surface area contributed by atoms with Crippen LogP contribution in [0.1, 0.15) is 35.2 Å². The summed E-state index contributed by atoms with van der Waals surface area (Å²) < 4.78 is 40.4. The molecular weight excluding hydrogens is 1380 g/mol. The maximum absolute atomic E-state index is 13.5. The highest BCUT2D eigenvalue weighted by molar-refractivity contribution is 7.81. The zero-order valence-corrected chi connectivity index (χ0v) is 56.7. The van der Waals surface area contributed by atoms with Crippen molar-refractivity contribution >= 4 is 46.2 Å². The fourth-order valence-electron chi connectivity index (χ4n) is 6.42. The van der Waals surface area contributed by atoms with Gasteiger partial charge in [-0.1, -0.05) is 6.07 Å². The molecule has 1 heterocycles. The number of nitrogens with one attached hydrogen (secondary N) is 1. The summed E-state index contributed by atoms with van der Waals surface area (Å²) in [4.78, 5) is 31.0. The van der Waals surface area contributed by atoms with Crippen molar-refractivity contribution in [3.05, 3.63) is 65.0 Å². The molecule has 1 spiro atoms. The lowest BCUT2D eigenvalue weighted by Gasteiger charge is -2.43. The van der Waals surface area contributed by atoms with Gasteiger partial charge in [-0.15, -0.1) is 6.42 Å². The van der Waals surface area contributed by atoms with Crippen molar-refractivity contribution in [2.75, 3.05) is 16.8 Å². The van der Waals surface area contributed by atoms with E-state index in [9.17, 15) is 22.8 Å². The lowest BCUT2D eigenvalue weighted by molar-refractivity contribution is -0.137. The minimum absolute atomic E-state index is 0.0320. The molecule has 0 radical (unpaired) electrons. The van der Waals surface area contributed by atoms with Gasteiger partial charge in [0.25, 0.3) is 11.8 Å². The molecular formula is C99H18F3N5O2S. The number of hydrogen-bond acceptors (Lipinski definition) is 4. The summed E-state index contributed by atoms with van der Waals surface area (Å²) in [5.74, 6) is 185. The standard InChI is InChI=1S/C77HN.C22H17F3N4O2S/c1-2-3-4-5-6-7-8-9-10-11-12-13-14-15-16-17-18-19-20-21-22-23-24-25-26-27-28-29-30-31-32-33-34-35-36-37-38-39-40-41-42-43-44-45-46-47-48-49-50-51-52-53-54-55-56-57-58-59-60-61-62-63-64-65-66-67-68-69-70-71-72-73-74-75-76-77-78;1-26-17-9-8-15(12-16(17)22(23,24)25)28-19(31)21(10-3-11-21)29(20(28)32)14-6-4-13(5-7-14)18(30)27-2/h1H;4-9,12H,3,10-11H2,2H3,(H,27,30). The van der Waals surface area contributed by atoms with Crippen LogP contribution in [0.5, 0.6) is 0 Å². The number of carbonyl (C=O) groups excluding carboxylic acids is 2. The second-order valence-electron chi connectivity index (χ2n) is 17.1. The molecule has 2 aliphatic rings. The van der Waals surface area contributed by atoms with Gasteiger partial charge in [0.15, 0.2) is 16.9 Å². The first-order valence-corrected chi connectivity index (χ1v) is 29.4. The van der Waals surface area contributed by atoms with E-state index in [4.69, 9.17) is 30.5 Å². The van der Waals surface area contributed by atoms with Crippen molar-refractivity contribution in [1.82, 2.24) is 5.32 Å². The molecule has 0 atom stereocenters. The van der Waals surface area contributed by atoms with E-state index in [1.165, 1.54) is 13.1 Å². The number of anilines is 2. The maximum atomic E-state index is 13.5. The lowest BCUT2D eigenvalue weighted by atomic mass is 9.75. The number of nitriles is 1. The molecule has 11 heteroatoms. The number of halogens is 3. The van der Waals surface area contributed by atoms with E-state index in [1.807, 2.05) is 0 Å². The fourth-order valence-corrected chi connectivity index (χ4v) is 6.88. The number of amides is 2. The molecule has 2 aromatic carbocycles. The molecule has 7 nitrogen and oxygen atoms in total. The van der Waals surface area contributed by atoms with E-state index < -0.39 is 28.9 Å². The molecule has 4 rings (SSSR count). The van der Waals surface area contributed by atoms with Gasteiger partial charge in [0.05, 0.1) is 12.1 Å². The maximum Gasteiger partial charge on any atom is 0.407 e. The Hall–Kier alpha value is -20.7. The molecule has 1 aliphatic carbocycles. The SMILES string of the molecule is C#CC#CC#CC#CC#CC#CC#CC#CC#CC#CC#CC#CC#CC#CC#CC#CC#CC#CC#CC#CC#CC#CC#CC#CC#CC#CC#CC#CC#CC#CC#CC#CC#CC#CC#CC#CC#CC#CC#N.[C-]#[N+]c1ccc(N2C(=O)C3(CCC3)N(c3ccc(C(=O)NC)cc3)C2=S)cc1C(F)(F)F. The average molecular weight is 1400 g/mol. The third kappa shape index (κ3) is 37.7. The Bertz CT molecular complexity index is 6770. The van der Waals surface area contributed by atoms with Crippen LogP contribution in [-0.4, -0.2) is 29.5 Å². The Morgan fingerprint density at radius 3 is 0.827 bits per heavy atom. The average Bonchev–Trinajstić information content (AvgIpc) is 1.55.